The smallest absolute Gasteiger partial charge is 0.374 e. The molecule has 1 N–H and O–H groups in total. The van der Waals surface area contributed by atoms with Crippen molar-refractivity contribution in [3.05, 3.63) is 34.0 Å². The number of nitrogens with zero attached hydrogens (tertiary/aromatic N) is 1. The van der Waals surface area contributed by atoms with Gasteiger partial charge in [0.25, 0.3) is 0 Å². The SMILES string of the molecule is CCOC(=O)c1oc2ccc(C=NCCCO)c(Cl)c2c1C. The molecule has 0 radical (unpaired) electrons. The Balaban J connectivity index is 2.40. The fourth-order valence-electron chi connectivity index (χ4n) is 2.12. The Bertz CT molecular complexity index is 706. The van der Waals surface area contributed by atoms with Crippen LogP contribution >= 0.6 is 11.6 Å². The summed E-state index contributed by atoms with van der Waals surface area (Å²) in [6.45, 7) is 4.43. The maximum absolute atomic E-state index is 11.9. The second kappa shape index (κ2) is 7.42. The van der Waals surface area contributed by atoms with Crippen LogP contribution in [-0.4, -0.2) is 37.0 Å². The Labute approximate surface area is 133 Å². The molecule has 1 aromatic carbocycles. The normalized spacial score (nSPS) is 11.5. The number of aliphatic imine (C=N–C) groups is 1. The first-order chi connectivity index (χ1) is 10.6. The van der Waals surface area contributed by atoms with Gasteiger partial charge in [-0.1, -0.05) is 11.6 Å². The Hall–Kier alpha value is -1.85. The van der Waals surface area contributed by atoms with Crippen LogP contribution in [0.1, 0.15) is 35.0 Å². The molecule has 0 amide bonds. The molecule has 0 fully saturated rings. The molecule has 0 aliphatic rings. The molecule has 0 spiro atoms. The zero-order valence-electron chi connectivity index (χ0n) is 12.6. The number of ether oxygens (including phenoxy) is 1. The first kappa shape index (κ1) is 16.5. The quantitative estimate of drug-likeness (QED) is 0.502. The Morgan fingerprint density at radius 1 is 1.50 bits per heavy atom. The van der Waals surface area contributed by atoms with E-state index in [0.717, 1.165) is 5.56 Å². The van der Waals surface area contributed by atoms with E-state index < -0.39 is 5.97 Å². The summed E-state index contributed by atoms with van der Waals surface area (Å²) in [5, 5.41) is 9.92. The van der Waals surface area contributed by atoms with Crippen molar-refractivity contribution < 1.29 is 19.1 Å². The van der Waals surface area contributed by atoms with Gasteiger partial charge in [-0.05, 0) is 32.4 Å². The molecule has 5 nitrogen and oxygen atoms in total. The predicted molar refractivity (Wildman–Crippen MR) is 86.1 cm³/mol. The first-order valence-corrected chi connectivity index (χ1v) is 7.47. The van der Waals surface area contributed by atoms with Crippen LogP contribution < -0.4 is 0 Å². The number of fused-ring (bicyclic) bond motifs is 1. The van der Waals surface area contributed by atoms with E-state index in [9.17, 15) is 4.79 Å². The Morgan fingerprint density at radius 2 is 2.27 bits per heavy atom. The number of halogens is 1. The number of aliphatic hydroxyl groups excluding tert-OH is 1. The van der Waals surface area contributed by atoms with Crippen molar-refractivity contribution in [1.82, 2.24) is 0 Å². The van der Waals surface area contributed by atoms with Crippen molar-refractivity contribution in [2.75, 3.05) is 19.8 Å². The Morgan fingerprint density at radius 3 is 2.95 bits per heavy atom. The van der Waals surface area contributed by atoms with Crippen LogP contribution in [0.25, 0.3) is 11.0 Å². The van der Waals surface area contributed by atoms with Gasteiger partial charge in [-0.15, -0.1) is 0 Å². The van der Waals surface area contributed by atoms with Crippen LogP contribution in [0.15, 0.2) is 21.5 Å². The van der Waals surface area contributed by atoms with E-state index in [4.69, 9.17) is 25.9 Å². The van der Waals surface area contributed by atoms with E-state index in [1.807, 2.05) is 0 Å². The fourth-order valence-corrected chi connectivity index (χ4v) is 2.47. The minimum Gasteiger partial charge on any atom is -0.460 e. The van der Waals surface area contributed by atoms with Gasteiger partial charge in [-0.3, -0.25) is 4.99 Å². The summed E-state index contributed by atoms with van der Waals surface area (Å²) < 4.78 is 10.5. The summed E-state index contributed by atoms with van der Waals surface area (Å²) >= 11 is 6.40. The minimum atomic E-state index is -0.495. The van der Waals surface area contributed by atoms with Crippen molar-refractivity contribution in [1.29, 1.82) is 0 Å². The summed E-state index contributed by atoms with van der Waals surface area (Å²) in [5.74, 6) is -0.321. The van der Waals surface area contributed by atoms with Crippen LogP contribution in [-0.2, 0) is 4.74 Å². The molecule has 0 saturated heterocycles. The van der Waals surface area contributed by atoms with Gasteiger partial charge in [0.15, 0.2) is 0 Å². The zero-order chi connectivity index (χ0) is 16.1. The van der Waals surface area contributed by atoms with Crippen LogP contribution in [0.2, 0.25) is 5.02 Å². The number of carbonyl (C=O) groups excluding carboxylic acids is 1. The summed E-state index contributed by atoms with van der Waals surface area (Å²) in [4.78, 5) is 16.1. The lowest BCUT2D eigenvalue weighted by Crippen LogP contribution is -2.04. The predicted octanol–water partition coefficient (Wildman–Crippen LogP) is 3.37. The highest BCUT2D eigenvalue weighted by Crippen LogP contribution is 2.33. The molecule has 1 heterocycles. The van der Waals surface area contributed by atoms with Gasteiger partial charge in [0.05, 0.1) is 11.6 Å². The number of hydrogen-bond acceptors (Lipinski definition) is 5. The largest absolute Gasteiger partial charge is 0.460 e. The number of carbonyl (C=O) groups is 1. The van der Waals surface area contributed by atoms with Crippen LogP contribution in [0.3, 0.4) is 0 Å². The average Bonchev–Trinajstić information content (AvgIpc) is 2.84. The molecule has 0 aliphatic heterocycles. The fraction of sp³-hybridized carbons (Fsp3) is 0.375. The first-order valence-electron chi connectivity index (χ1n) is 7.09. The number of esters is 1. The molecule has 0 saturated carbocycles. The van der Waals surface area contributed by atoms with Crippen molar-refractivity contribution in [2.24, 2.45) is 4.99 Å². The monoisotopic (exact) mass is 323 g/mol. The molecule has 118 valence electrons. The molecule has 6 heteroatoms. The lowest BCUT2D eigenvalue weighted by molar-refractivity contribution is 0.0491. The molecule has 2 rings (SSSR count). The third-order valence-electron chi connectivity index (χ3n) is 3.20. The summed E-state index contributed by atoms with van der Waals surface area (Å²) in [6.07, 6.45) is 2.27. The molecule has 1 aromatic heterocycles. The lowest BCUT2D eigenvalue weighted by Gasteiger charge is -2.00. The zero-order valence-corrected chi connectivity index (χ0v) is 13.3. The van der Waals surface area contributed by atoms with Gasteiger partial charge < -0.3 is 14.3 Å². The maximum Gasteiger partial charge on any atom is 0.374 e. The van der Waals surface area contributed by atoms with E-state index in [1.165, 1.54) is 0 Å². The molecule has 2 aromatic rings. The van der Waals surface area contributed by atoms with Crippen molar-refractivity contribution in [3.63, 3.8) is 0 Å². The van der Waals surface area contributed by atoms with Gasteiger partial charge in [0.1, 0.15) is 5.58 Å². The number of benzene rings is 1. The molecular formula is C16H18ClNO4. The second-order valence-electron chi connectivity index (χ2n) is 4.73. The highest BCUT2D eigenvalue weighted by molar-refractivity contribution is 6.38. The third kappa shape index (κ3) is 3.31. The van der Waals surface area contributed by atoms with E-state index in [0.29, 0.717) is 34.5 Å². The molecule has 0 bridgehead atoms. The van der Waals surface area contributed by atoms with Crippen molar-refractivity contribution in [2.45, 2.75) is 20.3 Å². The summed E-state index contributed by atoms with van der Waals surface area (Å²) in [7, 11) is 0. The second-order valence-corrected chi connectivity index (χ2v) is 5.11. The van der Waals surface area contributed by atoms with E-state index in [2.05, 4.69) is 4.99 Å². The number of aliphatic hydroxyl groups is 1. The van der Waals surface area contributed by atoms with Gasteiger partial charge >= 0.3 is 5.97 Å². The highest BCUT2D eigenvalue weighted by Gasteiger charge is 2.21. The maximum atomic E-state index is 11.9. The standard InChI is InChI=1S/C16H18ClNO4/c1-3-21-16(20)15-10(2)13-12(22-15)6-5-11(14(13)17)9-18-7-4-8-19/h5-6,9,19H,3-4,7-8H2,1-2H3. The van der Waals surface area contributed by atoms with Crippen LogP contribution in [0.5, 0.6) is 0 Å². The van der Waals surface area contributed by atoms with E-state index in [-0.39, 0.29) is 19.0 Å². The summed E-state index contributed by atoms with van der Waals surface area (Å²) in [6, 6.07) is 3.54. The highest BCUT2D eigenvalue weighted by atomic mass is 35.5. The van der Waals surface area contributed by atoms with Gasteiger partial charge in [0.2, 0.25) is 5.76 Å². The third-order valence-corrected chi connectivity index (χ3v) is 3.60. The van der Waals surface area contributed by atoms with Crippen LogP contribution in [0.4, 0.5) is 0 Å². The van der Waals surface area contributed by atoms with Gasteiger partial charge in [0, 0.05) is 35.9 Å². The summed E-state index contributed by atoms with van der Waals surface area (Å²) in [5.41, 5.74) is 1.94. The number of aryl methyl sites for hydroxylation is 1. The minimum absolute atomic E-state index is 0.105. The Kier molecular flexibility index (Phi) is 5.57. The molecule has 0 atom stereocenters. The molecule has 0 unspecified atom stereocenters. The topological polar surface area (TPSA) is 72.0 Å². The van der Waals surface area contributed by atoms with E-state index in [1.54, 1.807) is 32.2 Å². The van der Waals surface area contributed by atoms with E-state index >= 15 is 0 Å². The number of hydrogen-bond donors (Lipinski definition) is 1. The van der Waals surface area contributed by atoms with Crippen molar-refractivity contribution >= 4 is 34.8 Å². The molecule has 22 heavy (non-hydrogen) atoms. The van der Waals surface area contributed by atoms with Crippen molar-refractivity contribution in [3.8, 4) is 0 Å². The van der Waals surface area contributed by atoms with Crippen LogP contribution in [0, 0.1) is 6.92 Å². The lowest BCUT2D eigenvalue weighted by atomic mass is 10.1. The number of rotatable bonds is 6. The van der Waals surface area contributed by atoms with Gasteiger partial charge in [-0.25, -0.2) is 4.79 Å². The molecule has 0 aliphatic carbocycles. The number of furan rings is 1. The average molecular weight is 324 g/mol. The molecular weight excluding hydrogens is 306 g/mol. The van der Waals surface area contributed by atoms with Gasteiger partial charge in [-0.2, -0.15) is 0 Å².